The normalized spacial score (nSPS) is 18.5. The summed E-state index contributed by atoms with van der Waals surface area (Å²) in [5, 5.41) is 11.0. The molecule has 1 aliphatic rings. The summed E-state index contributed by atoms with van der Waals surface area (Å²) >= 11 is 0. The number of benzene rings is 1. The molecule has 3 aromatic rings. The van der Waals surface area contributed by atoms with Crippen LogP contribution in [0.5, 0.6) is 0 Å². The van der Waals surface area contributed by atoms with E-state index in [0.29, 0.717) is 35.1 Å². The Morgan fingerprint density at radius 2 is 1.88 bits per heavy atom. The second-order valence-corrected chi connectivity index (χ2v) is 10.5. The summed E-state index contributed by atoms with van der Waals surface area (Å²) in [6.07, 6.45) is 2.56. The van der Waals surface area contributed by atoms with E-state index in [2.05, 4.69) is 4.98 Å². The van der Waals surface area contributed by atoms with Crippen molar-refractivity contribution in [2.45, 2.75) is 49.6 Å². The highest BCUT2D eigenvalue weighted by molar-refractivity contribution is 7.90. The third kappa shape index (κ3) is 4.30. The Bertz CT molecular complexity index is 1390. The molecular formula is C24H26N2O6S. The number of ether oxygens (including phenoxy) is 1. The predicted molar refractivity (Wildman–Crippen MR) is 123 cm³/mol. The van der Waals surface area contributed by atoms with Crippen molar-refractivity contribution in [3.05, 3.63) is 69.1 Å². The zero-order chi connectivity index (χ0) is 23.9. The lowest BCUT2D eigenvalue weighted by Crippen LogP contribution is -2.31. The zero-order valence-electron chi connectivity index (χ0n) is 18.7. The first kappa shape index (κ1) is 23.1. The lowest BCUT2D eigenvalue weighted by atomic mass is 9.99. The van der Waals surface area contributed by atoms with Crippen molar-refractivity contribution < 1.29 is 23.1 Å². The van der Waals surface area contributed by atoms with Gasteiger partial charge >= 0.3 is 5.97 Å². The molecule has 0 bridgehead atoms. The van der Waals surface area contributed by atoms with Crippen LogP contribution in [0.1, 0.15) is 52.6 Å². The monoisotopic (exact) mass is 470 g/mol. The number of aromatic nitrogens is 2. The number of aliphatic hydroxyl groups is 1. The number of esters is 1. The molecule has 0 aliphatic heterocycles. The molecule has 0 amide bonds. The summed E-state index contributed by atoms with van der Waals surface area (Å²) in [7, 11) is -2.11. The van der Waals surface area contributed by atoms with Gasteiger partial charge in [0.1, 0.15) is 11.3 Å². The summed E-state index contributed by atoms with van der Waals surface area (Å²) < 4.78 is 30.3. The van der Waals surface area contributed by atoms with Crippen LogP contribution in [-0.2, 0) is 21.0 Å². The molecular weight excluding hydrogens is 444 g/mol. The topological polar surface area (TPSA) is 116 Å². The average molecular weight is 471 g/mol. The second-order valence-electron chi connectivity index (χ2n) is 8.50. The van der Waals surface area contributed by atoms with E-state index < -0.39 is 28.0 Å². The molecule has 8 nitrogen and oxygen atoms in total. The molecule has 2 atom stereocenters. The lowest BCUT2D eigenvalue weighted by Gasteiger charge is -2.25. The van der Waals surface area contributed by atoms with Gasteiger partial charge in [-0.15, -0.1) is 0 Å². The molecule has 4 rings (SSSR count). The van der Waals surface area contributed by atoms with Gasteiger partial charge in [0.15, 0.2) is 15.3 Å². The summed E-state index contributed by atoms with van der Waals surface area (Å²) in [4.78, 5) is 31.3. The Balaban J connectivity index is 1.99. The maximum atomic E-state index is 13.5. The van der Waals surface area contributed by atoms with Gasteiger partial charge in [-0.1, -0.05) is 12.1 Å². The first-order chi connectivity index (χ1) is 15.6. The van der Waals surface area contributed by atoms with Crippen molar-refractivity contribution in [1.29, 1.82) is 0 Å². The van der Waals surface area contributed by atoms with Gasteiger partial charge in [-0.25, -0.2) is 18.2 Å². The number of rotatable bonds is 5. The fraction of sp³-hybridized carbons (Fsp3) is 0.375. The summed E-state index contributed by atoms with van der Waals surface area (Å²) in [5.74, 6) is -0.681. The summed E-state index contributed by atoms with van der Waals surface area (Å²) in [6.45, 7) is 1.80. The van der Waals surface area contributed by atoms with E-state index in [4.69, 9.17) is 4.74 Å². The molecule has 1 fully saturated rings. The van der Waals surface area contributed by atoms with Gasteiger partial charge < -0.3 is 14.4 Å². The maximum absolute atomic E-state index is 13.5. The number of carbonyl (C=O) groups excluding carboxylic acids is 1. The number of methoxy groups -OCH3 is 1. The highest BCUT2D eigenvalue weighted by Crippen LogP contribution is 2.34. The van der Waals surface area contributed by atoms with Crippen molar-refractivity contribution in [2.24, 2.45) is 0 Å². The van der Waals surface area contributed by atoms with E-state index in [1.54, 1.807) is 35.8 Å². The minimum Gasteiger partial charge on any atom is -0.464 e. The van der Waals surface area contributed by atoms with Crippen LogP contribution < -0.4 is 5.43 Å². The van der Waals surface area contributed by atoms with Gasteiger partial charge in [0.05, 0.1) is 29.5 Å². The zero-order valence-corrected chi connectivity index (χ0v) is 19.6. The van der Waals surface area contributed by atoms with Crippen LogP contribution in [0.15, 0.2) is 46.1 Å². The number of hydrogen-bond acceptors (Lipinski definition) is 7. The maximum Gasteiger partial charge on any atom is 0.355 e. The van der Waals surface area contributed by atoms with Crippen LogP contribution in [-0.4, -0.2) is 48.5 Å². The molecule has 1 aliphatic carbocycles. The Kier molecular flexibility index (Phi) is 6.11. The van der Waals surface area contributed by atoms with Crippen LogP contribution in [0.3, 0.4) is 0 Å². The van der Waals surface area contributed by atoms with Crippen LogP contribution in [0, 0.1) is 6.92 Å². The van der Waals surface area contributed by atoms with Gasteiger partial charge in [0.2, 0.25) is 0 Å². The largest absolute Gasteiger partial charge is 0.464 e. The van der Waals surface area contributed by atoms with Crippen molar-refractivity contribution in [1.82, 2.24) is 9.55 Å². The number of fused-ring (bicyclic) bond motifs is 1. The number of carbonyl (C=O) groups is 1. The van der Waals surface area contributed by atoms with Crippen molar-refractivity contribution in [3.63, 3.8) is 0 Å². The van der Waals surface area contributed by atoms with E-state index >= 15 is 0 Å². The fourth-order valence-electron chi connectivity index (χ4n) is 4.51. The summed E-state index contributed by atoms with van der Waals surface area (Å²) in [6, 6.07) is 9.23. The third-order valence-electron chi connectivity index (χ3n) is 6.17. The summed E-state index contributed by atoms with van der Waals surface area (Å²) in [5.41, 5.74) is 1.67. The Morgan fingerprint density at radius 1 is 1.18 bits per heavy atom. The molecule has 1 aromatic carbocycles. The number of pyridine rings is 2. The van der Waals surface area contributed by atoms with E-state index in [9.17, 15) is 23.1 Å². The van der Waals surface area contributed by atoms with Crippen LogP contribution in [0.4, 0.5) is 0 Å². The Labute approximate surface area is 191 Å². The average Bonchev–Trinajstić information content (AvgIpc) is 3.19. The number of aliphatic hydroxyl groups excluding tert-OH is 1. The fourth-order valence-corrected chi connectivity index (χ4v) is 5.14. The smallest absolute Gasteiger partial charge is 0.355 e. The second kappa shape index (κ2) is 8.72. The van der Waals surface area contributed by atoms with Gasteiger partial charge in [-0.05, 0) is 56.0 Å². The first-order valence-corrected chi connectivity index (χ1v) is 12.6. The van der Waals surface area contributed by atoms with E-state index in [0.717, 1.165) is 12.7 Å². The number of nitrogens with zero attached hydrogens (tertiary/aromatic N) is 2. The Hall–Kier alpha value is -3.04. The standard InChI is InChI=1S/C24H26N2O6S/c1-14-7-12-17-22(28)18(13-15-8-10-16(11-9-15)33(3,30)31)21(24(29)32-2)26(23(17)25-14)19-5-4-6-20(19)27/h7-12,19-20,27H,4-6,13H2,1-3H3/t19-,20-/m1/s1. The first-order valence-electron chi connectivity index (χ1n) is 10.7. The van der Waals surface area contributed by atoms with Crippen molar-refractivity contribution in [2.75, 3.05) is 13.4 Å². The number of hydrogen-bond donors (Lipinski definition) is 1. The van der Waals surface area contributed by atoms with Gasteiger partial charge in [0, 0.05) is 23.9 Å². The molecule has 1 saturated carbocycles. The quantitative estimate of drug-likeness (QED) is 0.570. The van der Waals surface area contributed by atoms with E-state index in [1.807, 2.05) is 0 Å². The molecule has 2 heterocycles. The number of sulfone groups is 1. The van der Waals surface area contributed by atoms with Crippen molar-refractivity contribution in [3.8, 4) is 0 Å². The lowest BCUT2D eigenvalue weighted by molar-refractivity contribution is 0.0575. The van der Waals surface area contributed by atoms with Gasteiger partial charge in [-0.2, -0.15) is 0 Å². The molecule has 0 radical (unpaired) electrons. The molecule has 0 saturated heterocycles. The van der Waals surface area contributed by atoms with E-state index in [-0.39, 0.29) is 28.0 Å². The van der Waals surface area contributed by atoms with Crippen LogP contribution in [0.25, 0.3) is 11.0 Å². The Morgan fingerprint density at radius 3 is 2.45 bits per heavy atom. The molecule has 1 N–H and O–H groups in total. The highest BCUT2D eigenvalue weighted by atomic mass is 32.2. The third-order valence-corrected chi connectivity index (χ3v) is 7.30. The predicted octanol–water partition coefficient (Wildman–Crippen LogP) is 2.57. The van der Waals surface area contributed by atoms with Gasteiger partial charge in [-0.3, -0.25) is 4.79 Å². The molecule has 2 aromatic heterocycles. The minimum atomic E-state index is -3.36. The SMILES string of the molecule is COC(=O)c1c(Cc2ccc(S(C)(=O)=O)cc2)c(=O)c2ccc(C)nc2n1[C@@H]1CCC[C@H]1O. The molecule has 174 valence electrons. The van der Waals surface area contributed by atoms with E-state index in [1.165, 1.54) is 19.2 Å². The highest BCUT2D eigenvalue weighted by Gasteiger charge is 2.34. The molecule has 0 spiro atoms. The van der Waals surface area contributed by atoms with Gasteiger partial charge in [0.25, 0.3) is 0 Å². The molecule has 0 unspecified atom stereocenters. The number of aryl methyl sites for hydroxylation is 1. The van der Waals surface area contributed by atoms with Crippen LogP contribution in [0.2, 0.25) is 0 Å². The minimum absolute atomic E-state index is 0.0752. The molecule has 33 heavy (non-hydrogen) atoms. The van der Waals surface area contributed by atoms with Crippen LogP contribution >= 0.6 is 0 Å². The van der Waals surface area contributed by atoms with Crippen molar-refractivity contribution >= 4 is 26.8 Å². The molecule has 9 heteroatoms.